The summed E-state index contributed by atoms with van der Waals surface area (Å²) in [6.07, 6.45) is 1.82. The van der Waals surface area contributed by atoms with Crippen molar-refractivity contribution < 1.29 is 14.3 Å². The number of fused-ring (bicyclic) bond motifs is 1. The molecule has 0 radical (unpaired) electrons. The van der Waals surface area contributed by atoms with Crippen LogP contribution < -0.4 is 10.6 Å². The summed E-state index contributed by atoms with van der Waals surface area (Å²) in [7, 11) is 0. The fraction of sp³-hybridized carbons (Fsp3) is 0.222. The maximum atomic E-state index is 12.4. The monoisotopic (exact) mass is 325 g/mol. The van der Waals surface area contributed by atoms with Crippen molar-refractivity contribution in [3.8, 4) is 0 Å². The van der Waals surface area contributed by atoms with Crippen LogP contribution in [0.4, 0.5) is 11.4 Å². The number of aromatic nitrogens is 1. The van der Waals surface area contributed by atoms with Crippen molar-refractivity contribution in [3.05, 3.63) is 47.8 Å². The van der Waals surface area contributed by atoms with Gasteiger partial charge in [0, 0.05) is 28.8 Å². The van der Waals surface area contributed by atoms with Gasteiger partial charge in [-0.2, -0.15) is 0 Å². The minimum Gasteiger partial charge on any atom is -0.465 e. The van der Waals surface area contributed by atoms with Crippen LogP contribution in [0.5, 0.6) is 0 Å². The van der Waals surface area contributed by atoms with Crippen molar-refractivity contribution in [1.29, 1.82) is 0 Å². The Bertz CT molecular complexity index is 807. The summed E-state index contributed by atoms with van der Waals surface area (Å²) >= 11 is 0. The van der Waals surface area contributed by atoms with E-state index in [0.717, 1.165) is 28.2 Å². The molecule has 3 N–H and O–H groups in total. The van der Waals surface area contributed by atoms with Gasteiger partial charge in [0.1, 0.15) is 6.54 Å². The first-order valence-corrected chi connectivity index (χ1v) is 7.80. The Hall–Kier alpha value is -3.02. The highest BCUT2D eigenvalue weighted by molar-refractivity contribution is 6.36. The Balaban J connectivity index is 1.90. The number of allylic oxidation sites excluding steroid dienone is 1. The second-order valence-electron chi connectivity index (χ2n) is 5.46. The van der Waals surface area contributed by atoms with Crippen LogP contribution in [0.1, 0.15) is 25.1 Å². The predicted molar refractivity (Wildman–Crippen MR) is 93.5 cm³/mol. The van der Waals surface area contributed by atoms with E-state index >= 15 is 0 Å². The standard InChI is InChI=1S/C18H19N3O3/c1-3-24-16(22)10-20-12-6-7-15-13(9-12)17(18(23)21-15)11(2)14-5-4-8-19-14/h4-9,19-20H,3,10H2,1-2H3,(H,21,23). The zero-order chi connectivity index (χ0) is 17.1. The largest absolute Gasteiger partial charge is 0.465 e. The number of H-pyrrole nitrogens is 1. The molecule has 0 unspecified atom stereocenters. The van der Waals surface area contributed by atoms with Crippen molar-refractivity contribution in [1.82, 2.24) is 4.98 Å². The summed E-state index contributed by atoms with van der Waals surface area (Å²) in [6.45, 7) is 4.12. The third kappa shape index (κ3) is 3.03. The molecule has 3 rings (SSSR count). The van der Waals surface area contributed by atoms with E-state index in [1.807, 2.05) is 43.5 Å². The van der Waals surface area contributed by atoms with Crippen molar-refractivity contribution in [2.75, 3.05) is 23.8 Å². The summed E-state index contributed by atoms with van der Waals surface area (Å²) in [6, 6.07) is 9.34. The molecule has 1 aromatic carbocycles. The van der Waals surface area contributed by atoms with E-state index < -0.39 is 0 Å². The van der Waals surface area contributed by atoms with Crippen LogP contribution in [-0.2, 0) is 14.3 Å². The lowest BCUT2D eigenvalue weighted by Crippen LogP contribution is -2.16. The molecule has 1 amide bonds. The van der Waals surface area contributed by atoms with Crippen molar-refractivity contribution in [3.63, 3.8) is 0 Å². The third-order valence-corrected chi connectivity index (χ3v) is 3.88. The number of amides is 1. The smallest absolute Gasteiger partial charge is 0.325 e. The molecule has 1 aliphatic rings. The van der Waals surface area contributed by atoms with Crippen LogP contribution in [0.15, 0.2) is 36.5 Å². The van der Waals surface area contributed by atoms with Gasteiger partial charge in [-0.15, -0.1) is 0 Å². The number of nitrogens with one attached hydrogen (secondary N) is 3. The van der Waals surface area contributed by atoms with Gasteiger partial charge in [-0.3, -0.25) is 9.59 Å². The Labute approximate surface area is 139 Å². The van der Waals surface area contributed by atoms with E-state index in [1.54, 1.807) is 6.92 Å². The average molecular weight is 325 g/mol. The average Bonchev–Trinajstić information content (AvgIpc) is 3.19. The summed E-state index contributed by atoms with van der Waals surface area (Å²) < 4.78 is 4.90. The van der Waals surface area contributed by atoms with E-state index in [4.69, 9.17) is 4.74 Å². The molecular weight excluding hydrogens is 306 g/mol. The molecule has 0 saturated heterocycles. The van der Waals surface area contributed by atoms with E-state index in [0.29, 0.717) is 12.2 Å². The number of benzene rings is 1. The van der Waals surface area contributed by atoms with Crippen molar-refractivity contribution in [2.24, 2.45) is 0 Å². The highest BCUT2D eigenvalue weighted by Crippen LogP contribution is 2.37. The van der Waals surface area contributed by atoms with Gasteiger partial charge in [0.15, 0.2) is 0 Å². The molecule has 2 aromatic rings. The van der Waals surface area contributed by atoms with Gasteiger partial charge in [0.2, 0.25) is 0 Å². The Morgan fingerprint density at radius 3 is 2.83 bits per heavy atom. The molecule has 6 nitrogen and oxygen atoms in total. The minimum absolute atomic E-state index is 0.0860. The highest BCUT2D eigenvalue weighted by atomic mass is 16.5. The van der Waals surface area contributed by atoms with Crippen LogP contribution in [0, 0.1) is 0 Å². The van der Waals surface area contributed by atoms with Crippen molar-refractivity contribution in [2.45, 2.75) is 13.8 Å². The highest BCUT2D eigenvalue weighted by Gasteiger charge is 2.27. The Morgan fingerprint density at radius 1 is 1.29 bits per heavy atom. The van der Waals surface area contributed by atoms with E-state index in [9.17, 15) is 9.59 Å². The first-order valence-electron chi connectivity index (χ1n) is 7.80. The quantitative estimate of drug-likeness (QED) is 0.583. The topological polar surface area (TPSA) is 83.2 Å². The lowest BCUT2D eigenvalue weighted by molar-refractivity contribution is -0.140. The zero-order valence-electron chi connectivity index (χ0n) is 13.6. The summed E-state index contributed by atoms with van der Waals surface area (Å²) in [5.74, 6) is -0.440. The SMILES string of the molecule is CCOC(=O)CNc1ccc2c(c1)C(=C(C)c1ccc[nH]1)C(=O)N2. The van der Waals surface area contributed by atoms with Crippen molar-refractivity contribution >= 4 is 34.4 Å². The maximum absolute atomic E-state index is 12.4. The molecule has 0 fully saturated rings. The fourth-order valence-corrected chi connectivity index (χ4v) is 2.73. The van der Waals surface area contributed by atoms with Crippen LogP contribution in [0.3, 0.4) is 0 Å². The summed E-state index contributed by atoms with van der Waals surface area (Å²) in [5, 5.41) is 5.90. The number of esters is 1. The normalized spacial score (nSPS) is 14.8. The molecule has 24 heavy (non-hydrogen) atoms. The van der Waals surface area contributed by atoms with Crippen LogP contribution in [0.25, 0.3) is 11.1 Å². The van der Waals surface area contributed by atoms with Gasteiger partial charge in [-0.25, -0.2) is 0 Å². The number of anilines is 2. The molecule has 2 heterocycles. The molecule has 0 bridgehead atoms. The molecule has 6 heteroatoms. The predicted octanol–water partition coefficient (Wildman–Crippen LogP) is 2.87. The maximum Gasteiger partial charge on any atom is 0.325 e. The first kappa shape index (κ1) is 15.9. The van der Waals surface area contributed by atoms with Gasteiger partial charge >= 0.3 is 5.97 Å². The molecule has 124 valence electrons. The molecular formula is C18H19N3O3. The number of hydrogen-bond donors (Lipinski definition) is 3. The van der Waals surface area contributed by atoms with Crippen LogP contribution in [-0.4, -0.2) is 30.0 Å². The molecule has 1 aromatic heterocycles. The van der Waals surface area contributed by atoms with Gasteiger partial charge < -0.3 is 20.4 Å². The summed E-state index contributed by atoms with van der Waals surface area (Å²) in [4.78, 5) is 26.9. The van der Waals surface area contributed by atoms with E-state index in [-0.39, 0.29) is 18.4 Å². The van der Waals surface area contributed by atoms with Crippen LogP contribution >= 0.6 is 0 Å². The molecule has 0 atom stereocenters. The Morgan fingerprint density at radius 2 is 2.12 bits per heavy atom. The van der Waals surface area contributed by atoms with Gasteiger partial charge in [-0.1, -0.05) is 0 Å². The lowest BCUT2D eigenvalue weighted by atomic mass is 9.99. The number of carbonyl (C=O) groups excluding carboxylic acids is 2. The number of carbonyl (C=O) groups is 2. The molecule has 1 aliphatic heterocycles. The zero-order valence-corrected chi connectivity index (χ0v) is 13.6. The molecule has 0 spiro atoms. The fourth-order valence-electron chi connectivity index (χ4n) is 2.73. The minimum atomic E-state index is -0.314. The second-order valence-corrected chi connectivity index (χ2v) is 5.46. The second kappa shape index (κ2) is 6.62. The van der Waals surface area contributed by atoms with E-state index in [1.165, 1.54) is 0 Å². The third-order valence-electron chi connectivity index (χ3n) is 3.88. The number of ether oxygens (including phenoxy) is 1. The Kier molecular flexibility index (Phi) is 4.37. The number of rotatable bonds is 5. The molecule has 0 saturated carbocycles. The van der Waals surface area contributed by atoms with Crippen LogP contribution in [0.2, 0.25) is 0 Å². The van der Waals surface area contributed by atoms with Gasteiger partial charge in [0.25, 0.3) is 5.91 Å². The first-order chi connectivity index (χ1) is 11.6. The number of aromatic amines is 1. The summed E-state index contributed by atoms with van der Waals surface area (Å²) in [5.41, 5.74) is 4.75. The van der Waals surface area contributed by atoms with E-state index in [2.05, 4.69) is 15.6 Å². The molecule has 0 aliphatic carbocycles. The lowest BCUT2D eigenvalue weighted by Gasteiger charge is -2.09. The number of hydrogen-bond acceptors (Lipinski definition) is 4. The van der Waals surface area contributed by atoms with Gasteiger partial charge in [0.05, 0.1) is 12.2 Å². The van der Waals surface area contributed by atoms with Gasteiger partial charge in [-0.05, 0) is 49.8 Å².